The van der Waals surface area contributed by atoms with Crippen molar-refractivity contribution in [3.8, 4) is 17.2 Å². The van der Waals surface area contributed by atoms with Crippen molar-refractivity contribution in [3.63, 3.8) is 0 Å². The molecule has 0 unspecified atom stereocenters. The van der Waals surface area contributed by atoms with E-state index in [1.165, 1.54) is 12.1 Å². The maximum absolute atomic E-state index is 12.9. The lowest BCUT2D eigenvalue weighted by molar-refractivity contribution is -0.384. The highest BCUT2D eigenvalue weighted by Gasteiger charge is 2.11. The van der Waals surface area contributed by atoms with Gasteiger partial charge in [0.25, 0.3) is 5.69 Å². The Balaban J connectivity index is 1.02. The number of nitrogens with zero attached hydrogens (tertiary/aromatic N) is 1. The first-order valence-electron chi connectivity index (χ1n) is 18.3. The summed E-state index contributed by atoms with van der Waals surface area (Å²) >= 11 is 0. The van der Waals surface area contributed by atoms with Crippen LogP contribution in [-0.4, -0.2) is 16.5 Å². The molecule has 0 spiro atoms. The maximum Gasteiger partial charge on any atom is 0.269 e. The summed E-state index contributed by atoms with van der Waals surface area (Å²) in [4.78, 5) is 36.3. The molecule has 0 aliphatic heterocycles. The van der Waals surface area contributed by atoms with Crippen LogP contribution >= 0.6 is 0 Å². The molecule has 0 aliphatic rings. The van der Waals surface area contributed by atoms with E-state index in [4.69, 9.17) is 14.2 Å². The Bertz CT molecular complexity index is 2360. The predicted octanol–water partition coefficient (Wildman–Crippen LogP) is 11.0. The van der Waals surface area contributed by atoms with Crippen molar-refractivity contribution in [2.24, 2.45) is 0 Å². The Kier molecular flexibility index (Phi) is 12.0. The van der Waals surface area contributed by atoms with Gasteiger partial charge in [0.1, 0.15) is 37.1 Å². The minimum Gasteiger partial charge on any atom is -0.489 e. The van der Waals surface area contributed by atoms with Gasteiger partial charge in [-0.3, -0.25) is 19.7 Å². The second-order valence-corrected chi connectivity index (χ2v) is 13.2. The third kappa shape index (κ3) is 10.3. The number of rotatable bonds is 16. The van der Waals surface area contributed by atoms with Gasteiger partial charge >= 0.3 is 0 Å². The predicted molar refractivity (Wildman–Crippen MR) is 221 cm³/mol. The van der Waals surface area contributed by atoms with Crippen LogP contribution in [0.2, 0.25) is 0 Å². The van der Waals surface area contributed by atoms with Gasteiger partial charge in [-0.15, -0.1) is 0 Å². The lowest BCUT2D eigenvalue weighted by atomic mass is 10.0. The molecule has 0 aromatic heterocycles. The largest absolute Gasteiger partial charge is 0.489 e. The monoisotopic (exact) mass is 751 g/mol. The highest BCUT2D eigenvalue weighted by molar-refractivity contribution is 6.09. The summed E-state index contributed by atoms with van der Waals surface area (Å²) in [5.41, 5.74) is 6.96. The molecule has 57 heavy (non-hydrogen) atoms. The van der Waals surface area contributed by atoms with Crippen LogP contribution in [0, 0.1) is 10.1 Å². The second-order valence-electron chi connectivity index (χ2n) is 13.2. The van der Waals surface area contributed by atoms with E-state index >= 15 is 0 Å². The number of benzene rings is 7. The fourth-order valence-corrected chi connectivity index (χ4v) is 5.97. The Morgan fingerprint density at radius 2 is 0.825 bits per heavy atom. The average molecular weight is 752 g/mol. The fourth-order valence-electron chi connectivity index (χ4n) is 5.97. The zero-order valence-corrected chi connectivity index (χ0v) is 30.8. The topological polar surface area (TPSA) is 105 Å². The Hall–Kier alpha value is -7.58. The van der Waals surface area contributed by atoms with Crippen molar-refractivity contribution in [2.75, 3.05) is 0 Å². The third-order valence-electron chi connectivity index (χ3n) is 9.11. The van der Waals surface area contributed by atoms with Crippen LogP contribution in [0.3, 0.4) is 0 Å². The summed E-state index contributed by atoms with van der Waals surface area (Å²) in [6.07, 6.45) is 3.82. The number of carbonyl (C=O) groups excluding carboxylic acids is 2. The molecule has 8 heteroatoms. The fraction of sp³-hybridized carbons (Fsp3) is 0.0612. The molecule has 0 heterocycles. The van der Waals surface area contributed by atoms with E-state index < -0.39 is 4.92 Å². The van der Waals surface area contributed by atoms with Gasteiger partial charge in [0, 0.05) is 40.5 Å². The van der Waals surface area contributed by atoms with E-state index in [1.807, 2.05) is 140 Å². The second kappa shape index (κ2) is 18.2. The third-order valence-corrected chi connectivity index (χ3v) is 9.11. The molecule has 280 valence electrons. The molecular weight excluding hydrogens is 715 g/mol. The van der Waals surface area contributed by atoms with Crippen LogP contribution in [0.15, 0.2) is 176 Å². The van der Waals surface area contributed by atoms with Crippen molar-refractivity contribution in [1.82, 2.24) is 0 Å². The molecule has 0 aliphatic carbocycles. The van der Waals surface area contributed by atoms with Crippen molar-refractivity contribution in [2.45, 2.75) is 19.8 Å². The Labute approximate surface area is 330 Å². The lowest BCUT2D eigenvalue weighted by Crippen LogP contribution is -2.03. The molecule has 0 fully saturated rings. The van der Waals surface area contributed by atoms with Gasteiger partial charge in [-0.25, -0.2) is 0 Å². The Morgan fingerprint density at radius 3 is 1.26 bits per heavy atom. The minimum absolute atomic E-state index is 0.0386. The van der Waals surface area contributed by atoms with Crippen LogP contribution in [0.4, 0.5) is 5.69 Å². The molecule has 0 saturated carbocycles. The van der Waals surface area contributed by atoms with E-state index in [9.17, 15) is 19.7 Å². The molecule has 7 rings (SSSR count). The van der Waals surface area contributed by atoms with E-state index in [2.05, 4.69) is 0 Å². The number of hydrogen-bond donors (Lipinski definition) is 0. The summed E-state index contributed by atoms with van der Waals surface area (Å²) in [6, 6.07) is 52.8. The number of ketones is 2. The standard InChI is InChI=1S/C49H37NO7/c51-48(40-7-3-1-4-8-40)42-21-13-37(14-22-42)32-56-46-29-39(34-55-45-27-19-36(20-28-45)12-11-35-17-25-44(26-18-35)50(53)54)30-47(31-46)57-33-38-15-23-43(24-16-38)49(52)41-9-5-2-6-10-41/h1-31H,32-34H2/b12-11+. The van der Waals surface area contributed by atoms with E-state index in [0.717, 1.165) is 27.8 Å². The number of non-ortho nitro benzene ring substituents is 1. The molecule has 0 bridgehead atoms. The van der Waals surface area contributed by atoms with Crippen LogP contribution < -0.4 is 14.2 Å². The number of nitro groups is 1. The van der Waals surface area contributed by atoms with Gasteiger partial charge < -0.3 is 14.2 Å². The van der Waals surface area contributed by atoms with Gasteiger partial charge in [-0.05, 0) is 64.2 Å². The van der Waals surface area contributed by atoms with E-state index in [0.29, 0.717) is 39.5 Å². The molecule has 7 aromatic rings. The first-order chi connectivity index (χ1) is 27.9. The SMILES string of the molecule is O=C(c1ccccc1)c1ccc(COc2cc(COc3ccc(/C=C/c4ccc([N+](=O)[O-])cc4)cc3)cc(OCc3ccc(C(=O)c4ccccc4)cc3)c2)cc1. The number of hydrogen-bond acceptors (Lipinski definition) is 7. The maximum atomic E-state index is 12.9. The average Bonchev–Trinajstić information content (AvgIpc) is 3.27. The van der Waals surface area contributed by atoms with E-state index in [1.54, 1.807) is 36.4 Å². The number of carbonyl (C=O) groups is 2. The van der Waals surface area contributed by atoms with Crippen LogP contribution in [0.25, 0.3) is 12.2 Å². The highest BCUT2D eigenvalue weighted by Crippen LogP contribution is 2.27. The Morgan fingerprint density at radius 1 is 0.439 bits per heavy atom. The van der Waals surface area contributed by atoms with E-state index in [-0.39, 0.29) is 37.1 Å². The molecule has 8 nitrogen and oxygen atoms in total. The first-order valence-corrected chi connectivity index (χ1v) is 18.3. The van der Waals surface area contributed by atoms with Crippen molar-refractivity contribution < 1.29 is 28.7 Å². The van der Waals surface area contributed by atoms with Gasteiger partial charge in [0.05, 0.1) is 4.92 Å². The molecule has 0 saturated heterocycles. The van der Waals surface area contributed by atoms with Crippen molar-refractivity contribution in [3.05, 3.63) is 236 Å². The van der Waals surface area contributed by atoms with Crippen LogP contribution in [0.1, 0.15) is 59.7 Å². The van der Waals surface area contributed by atoms with Gasteiger partial charge in [-0.2, -0.15) is 0 Å². The summed E-state index contributed by atoms with van der Waals surface area (Å²) < 4.78 is 18.7. The summed E-state index contributed by atoms with van der Waals surface area (Å²) in [5.74, 6) is 1.77. The highest BCUT2D eigenvalue weighted by atomic mass is 16.6. The normalized spacial score (nSPS) is 10.9. The summed E-state index contributed by atoms with van der Waals surface area (Å²) in [7, 11) is 0. The zero-order valence-electron chi connectivity index (χ0n) is 30.8. The molecular formula is C49H37NO7. The molecule has 0 atom stereocenters. The summed E-state index contributed by atoms with van der Waals surface area (Å²) in [6.45, 7) is 0.794. The van der Waals surface area contributed by atoms with Crippen molar-refractivity contribution in [1.29, 1.82) is 0 Å². The van der Waals surface area contributed by atoms with Gasteiger partial charge in [-0.1, -0.05) is 133 Å². The minimum atomic E-state index is -0.418. The summed E-state index contributed by atoms with van der Waals surface area (Å²) in [5, 5.41) is 10.9. The molecule has 7 aromatic carbocycles. The van der Waals surface area contributed by atoms with Crippen LogP contribution in [0.5, 0.6) is 17.2 Å². The molecule has 0 amide bonds. The smallest absolute Gasteiger partial charge is 0.269 e. The molecule has 0 radical (unpaired) electrons. The quantitative estimate of drug-likeness (QED) is 0.0419. The zero-order chi connectivity index (χ0) is 39.4. The van der Waals surface area contributed by atoms with Crippen LogP contribution in [-0.2, 0) is 19.8 Å². The number of ether oxygens (including phenoxy) is 3. The number of nitro benzene ring substituents is 1. The van der Waals surface area contributed by atoms with Gasteiger partial charge in [0.15, 0.2) is 11.6 Å². The van der Waals surface area contributed by atoms with Gasteiger partial charge in [0.2, 0.25) is 0 Å². The lowest BCUT2D eigenvalue weighted by Gasteiger charge is -2.14. The molecule has 0 N–H and O–H groups in total. The van der Waals surface area contributed by atoms with Crippen molar-refractivity contribution >= 4 is 29.4 Å². The first kappa shape index (κ1) is 37.7.